The molecule has 0 aromatic heterocycles. The highest BCUT2D eigenvalue weighted by Gasteiger charge is 2.12. The van der Waals surface area contributed by atoms with Crippen LogP contribution in [0.15, 0.2) is 60.7 Å². The van der Waals surface area contributed by atoms with Crippen molar-refractivity contribution in [2.24, 2.45) is 0 Å². The zero-order valence-electron chi connectivity index (χ0n) is 15.3. The van der Waals surface area contributed by atoms with Crippen molar-refractivity contribution in [3.8, 4) is 11.5 Å². The lowest BCUT2D eigenvalue weighted by Gasteiger charge is -2.17. The fourth-order valence-electron chi connectivity index (χ4n) is 2.75. The summed E-state index contributed by atoms with van der Waals surface area (Å²) in [6, 6.07) is 18.8. The lowest BCUT2D eigenvalue weighted by molar-refractivity contribution is 0.267. The molecule has 3 aromatic rings. The minimum absolute atomic E-state index is 0.347. The normalized spacial score (nSPS) is 10.6. The molecule has 3 nitrogen and oxygen atoms in total. The van der Waals surface area contributed by atoms with E-state index >= 15 is 0 Å². The maximum absolute atomic E-state index is 6.25. The maximum Gasteiger partial charge on any atom is 0.166 e. The van der Waals surface area contributed by atoms with Crippen LogP contribution in [-0.2, 0) is 13.2 Å². The van der Waals surface area contributed by atoms with Gasteiger partial charge >= 0.3 is 0 Å². The average molecular weight is 437 g/mol. The number of anilines is 1. The Morgan fingerprint density at radius 2 is 1.54 bits per heavy atom. The van der Waals surface area contributed by atoms with Crippen LogP contribution in [0.1, 0.15) is 18.1 Å². The Balaban J connectivity index is 1.81. The van der Waals surface area contributed by atoms with Crippen LogP contribution in [-0.4, -0.2) is 6.61 Å². The Bertz CT molecular complexity index is 927. The van der Waals surface area contributed by atoms with Gasteiger partial charge in [0.05, 0.1) is 6.61 Å². The van der Waals surface area contributed by atoms with Crippen molar-refractivity contribution in [2.45, 2.75) is 20.1 Å². The van der Waals surface area contributed by atoms with Crippen LogP contribution in [0.5, 0.6) is 11.5 Å². The number of para-hydroxylation sites is 1. The molecule has 3 rings (SSSR count). The zero-order chi connectivity index (χ0) is 19.9. The third kappa shape index (κ3) is 5.48. The molecule has 0 atom stereocenters. The highest BCUT2D eigenvalue weighted by atomic mass is 35.5. The van der Waals surface area contributed by atoms with E-state index in [0.717, 1.165) is 16.8 Å². The molecule has 0 amide bonds. The third-order valence-electron chi connectivity index (χ3n) is 4.04. The topological polar surface area (TPSA) is 30.5 Å². The fraction of sp³-hybridized carbons (Fsp3) is 0.182. The van der Waals surface area contributed by atoms with Gasteiger partial charge in [-0.25, -0.2) is 0 Å². The van der Waals surface area contributed by atoms with Crippen LogP contribution >= 0.6 is 34.8 Å². The van der Waals surface area contributed by atoms with Gasteiger partial charge in [-0.2, -0.15) is 0 Å². The van der Waals surface area contributed by atoms with E-state index in [0.29, 0.717) is 46.3 Å². The Kier molecular flexibility index (Phi) is 7.32. The summed E-state index contributed by atoms with van der Waals surface area (Å²) in [5, 5.41) is 5.16. The number of halogens is 3. The average Bonchev–Trinajstić information content (AvgIpc) is 2.66. The Morgan fingerprint density at radius 3 is 2.25 bits per heavy atom. The summed E-state index contributed by atoms with van der Waals surface area (Å²) in [6.45, 7) is 3.36. The molecule has 1 N–H and O–H groups in total. The van der Waals surface area contributed by atoms with E-state index in [9.17, 15) is 0 Å². The van der Waals surface area contributed by atoms with Crippen LogP contribution in [0.25, 0.3) is 0 Å². The van der Waals surface area contributed by atoms with Crippen molar-refractivity contribution in [3.05, 3.63) is 86.9 Å². The number of hydrogen-bond donors (Lipinski definition) is 1. The summed E-state index contributed by atoms with van der Waals surface area (Å²) >= 11 is 18.4. The molecule has 0 saturated carbocycles. The molecule has 0 bridgehead atoms. The summed E-state index contributed by atoms with van der Waals surface area (Å²) in [5.41, 5.74) is 2.70. The molecule has 0 fully saturated rings. The molecule has 0 aliphatic rings. The second kappa shape index (κ2) is 9.92. The molecule has 0 aliphatic carbocycles. The van der Waals surface area contributed by atoms with E-state index in [1.54, 1.807) is 6.07 Å². The summed E-state index contributed by atoms with van der Waals surface area (Å²) < 4.78 is 11.9. The molecular weight excluding hydrogens is 417 g/mol. The second-order valence-corrected chi connectivity index (χ2v) is 7.35. The van der Waals surface area contributed by atoms with E-state index in [4.69, 9.17) is 44.3 Å². The molecule has 28 heavy (non-hydrogen) atoms. The quantitative estimate of drug-likeness (QED) is 0.404. The fourth-order valence-corrected chi connectivity index (χ4v) is 3.47. The largest absolute Gasteiger partial charge is 0.490 e. The lowest BCUT2D eigenvalue weighted by Crippen LogP contribution is -2.06. The Labute approximate surface area is 180 Å². The molecule has 0 unspecified atom stereocenters. The minimum Gasteiger partial charge on any atom is -0.490 e. The highest BCUT2D eigenvalue weighted by molar-refractivity contribution is 6.35. The number of hydrogen-bond acceptors (Lipinski definition) is 3. The van der Waals surface area contributed by atoms with E-state index in [1.165, 1.54) is 0 Å². The molecule has 0 spiro atoms. The summed E-state index contributed by atoms with van der Waals surface area (Å²) in [4.78, 5) is 0. The van der Waals surface area contributed by atoms with Crippen molar-refractivity contribution in [3.63, 3.8) is 0 Å². The van der Waals surface area contributed by atoms with E-state index in [2.05, 4.69) is 5.32 Å². The first-order chi connectivity index (χ1) is 13.6. The van der Waals surface area contributed by atoms with Crippen molar-refractivity contribution < 1.29 is 9.47 Å². The lowest BCUT2D eigenvalue weighted by atomic mass is 10.1. The van der Waals surface area contributed by atoms with Crippen LogP contribution in [0, 0.1) is 0 Å². The molecule has 0 aliphatic heterocycles. The highest BCUT2D eigenvalue weighted by Crippen LogP contribution is 2.33. The number of benzene rings is 3. The first-order valence-corrected chi connectivity index (χ1v) is 10.0. The smallest absolute Gasteiger partial charge is 0.166 e. The summed E-state index contributed by atoms with van der Waals surface area (Å²) in [5.74, 6) is 1.38. The van der Waals surface area contributed by atoms with Gasteiger partial charge in [-0.1, -0.05) is 65.1 Å². The van der Waals surface area contributed by atoms with Crippen LogP contribution in [0.4, 0.5) is 5.69 Å². The summed E-state index contributed by atoms with van der Waals surface area (Å²) in [6.07, 6.45) is 0. The van der Waals surface area contributed by atoms with Crippen LogP contribution < -0.4 is 14.8 Å². The van der Waals surface area contributed by atoms with Gasteiger partial charge < -0.3 is 14.8 Å². The monoisotopic (exact) mass is 435 g/mol. The van der Waals surface area contributed by atoms with E-state index < -0.39 is 0 Å². The zero-order valence-corrected chi connectivity index (χ0v) is 17.6. The Morgan fingerprint density at radius 1 is 0.821 bits per heavy atom. The predicted octanol–water partition coefficient (Wildman–Crippen LogP) is 7.24. The van der Waals surface area contributed by atoms with Gasteiger partial charge in [-0.05, 0) is 37.3 Å². The number of rotatable bonds is 8. The van der Waals surface area contributed by atoms with Gasteiger partial charge in [-0.3, -0.25) is 0 Å². The van der Waals surface area contributed by atoms with Crippen molar-refractivity contribution in [1.82, 2.24) is 0 Å². The van der Waals surface area contributed by atoms with Crippen molar-refractivity contribution >= 4 is 40.5 Å². The van der Waals surface area contributed by atoms with Gasteiger partial charge in [0, 0.05) is 38.4 Å². The van der Waals surface area contributed by atoms with Crippen molar-refractivity contribution in [2.75, 3.05) is 11.9 Å². The van der Waals surface area contributed by atoms with Gasteiger partial charge in [0.25, 0.3) is 0 Å². The first-order valence-electron chi connectivity index (χ1n) is 8.87. The SMILES string of the molecule is CCOc1cccc(CNc2cc(Cl)cc(Cl)c2)c1OCc1ccccc1Cl. The summed E-state index contributed by atoms with van der Waals surface area (Å²) in [7, 11) is 0. The molecule has 0 radical (unpaired) electrons. The molecular formula is C22H20Cl3NO2. The van der Waals surface area contributed by atoms with Gasteiger partial charge in [0.2, 0.25) is 0 Å². The molecule has 0 heterocycles. The first kappa shape index (κ1) is 20.7. The maximum atomic E-state index is 6.25. The van der Waals surface area contributed by atoms with Crippen molar-refractivity contribution in [1.29, 1.82) is 0 Å². The Hall–Kier alpha value is -2.07. The predicted molar refractivity (Wildman–Crippen MR) is 117 cm³/mol. The molecule has 146 valence electrons. The molecule has 3 aromatic carbocycles. The molecule has 6 heteroatoms. The van der Waals surface area contributed by atoms with Crippen LogP contribution in [0.2, 0.25) is 15.1 Å². The molecule has 0 saturated heterocycles. The van der Waals surface area contributed by atoms with Crippen LogP contribution in [0.3, 0.4) is 0 Å². The minimum atomic E-state index is 0.347. The van der Waals surface area contributed by atoms with Gasteiger partial charge in [0.1, 0.15) is 6.61 Å². The van der Waals surface area contributed by atoms with E-state index in [1.807, 2.05) is 61.5 Å². The third-order valence-corrected chi connectivity index (χ3v) is 4.84. The number of nitrogens with one attached hydrogen (secondary N) is 1. The van der Waals surface area contributed by atoms with E-state index in [-0.39, 0.29) is 0 Å². The van der Waals surface area contributed by atoms with Gasteiger partial charge in [-0.15, -0.1) is 0 Å². The standard InChI is InChI=1S/C22H20Cl3NO2/c1-2-27-21-9-5-7-15(13-26-19-11-17(23)10-18(24)12-19)22(21)28-14-16-6-3-4-8-20(16)25/h3-12,26H,2,13-14H2,1H3. The second-order valence-electron chi connectivity index (χ2n) is 6.07. The number of ether oxygens (including phenoxy) is 2. The van der Waals surface area contributed by atoms with Gasteiger partial charge in [0.15, 0.2) is 11.5 Å².